The molecule has 0 aliphatic rings. The van der Waals surface area contributed by atoms with Gasteiger partial charge in [-0.2, -0.15) is 0 Å². The average molecular weight is 161 g/mol. The molecule has 0 aromatic carbocycles. The van der Waals surface area contributed by atoms with Crippen molar-refractivity contribution in [2.24, 2.45) is 5.84 Å². The van der Waals surface area contributed by atoms with Crippen LogP contribution >= 0.6 is 12.4 Å². The molecule has 0 atom stereocenters. The molecule has 0 radical (unpaired) electrons. The highest BCUT2D eigenvalue weighted by molar-refractivity contribution is 5.85. The molecule has 0 amide bonds. The van der Waals surface area contributed by atoms with Crippen LogP contribution in [0.4, 0.5) is 11.4 Å². The van der Waals surface area contributed by atoms with Crippen molar-refractivity contribution in [2.75, 3.05) is 11.2 Å². The predicted molar refractivity (Wildman–Crippen MR) is 43.7 cm³/mol. The zero-order valence-electron chi connectivity index (χ0n) is 5.24. The first-order valence-electron chi connectivity index (χ1n) is 2.50. The monoisotopic (exact) mass is 160 g/mol. The van der Waals surface area contributed by atoms with Gasteiger partial charge >= 0.3 is 0 Å². The Kier molecular flexibility index (Phi) is 3.53. The van der Waals surface area contributed by atoms with E-state index in [1.54, 1.807) is 12.3 Å². The molecule has 0 saturated heterocycles. The van der Waals surface area contributed by atoms with Gasteiger partial charge in [0.1, 0.15) is 0 Å². The van der Waals surface area contributed by atoms with Crippen LogP contribution in [0.15, 0.2) is 18.5 Å². The summed E-state index contributed by atoms with van der Waals surface area (Å²) in [6.45, 7) is 0. The van der Waals surface area contributed by atoms with E-state index in [0.717, 1.165) is 0 Å². The number of halogens is 1. The van der Waals surface area contributed by atoms with E-state index in [1.165, 1.54) is 6.20 Å². The van der Waals surface area contributed by atoms with Crippen LogP contribution in [0.5, 0.6) is 0 Å². The molecule has 4 nitrogen and oxygen atoms in total. The van der Waals surface area contributed by atoms with E-state index >= 15 is 0 Å². The van der Waals surface area contributed by atoms with Crippen LogP contribution in [0, 0.1) is 0 Å². The van der Waals surface area contributed by atoms with Crippen LogP contribution in [0.1, 0.15) is 0 Å². The van der Waals surface area contributed by atoms with Crippen molar-refractivity contribution >= 4 is 23.8 Å². The number of hydrogen-bond donors (Lipinski definition) is 3. The third-order valence-electron chi connectivity index (χ3n) is 1.01. The first-order valence-corrected chi connectivity index (χ1v) is 2.50. The number of nitrogens with one attached hydrogen (secondary N) is 1. The maximum Gasteiger partial charge on any atom is 0.0749 e. The quantitative estimate of drug-likeness (QED) is 0.410. The Balaban J connectivity index is 0.000000810. The minimum atomic E-state index is 0. The lowest BCUT2D eigenvalue weighted by molar-refractivity contribution is 1.29. The van der Waals surface area contributed by atoms with E-state index in [-0.39, 0.29) is 12.4 Å². The van der Waals surface area contributed by atoms with Gasteiger partial charge in [0.25, 0.3) is 0 Å². The average Bonchev–Trinajstić information content (AvgIpc) is 1.89. The number of rotatable bonds is 1. The van der Waals surface area contributed by atoms with Crippen molar-refractivity contribution in [1.29, 1.82) is 0 Å². The summed E-state index contributed by atoms with van der Waals surface area (Å²) in [7, 11) is 0. The predicted octanol–water partition coefficient (Wildman–Crippen LogP) is 0.371. The lowest BCUT2D eigenvalue weighted by Crippen LogP contribution is -2.08. The van der Waals surface area contributed by atoms with Gasteiger partial charge in [0.05, 0.1) is 17.6 Å². The number of anilines is 2. The highest BCUT2D eigenvalue weighted by Gasteiger charge is 1.90. The molecule has 1 aromatic rings. The maximum atomic E-state index is 5.43. The highest BCUT2D eigenvalue weighted by Crippen LogP contribution is 2.12. The summed E-state index contributed by atoms with van der Waals surface area (Å²) in [5.74, 6) is 5.09. The number of aromatic nitrogens is 1. The fourth-order valence-corrected chi connectivity index (χ4v) is 0.538. The Morgan fingerprint density at radius 2 is 2.20 bits per heavy atom. The number of hydrazine groups is 1. The molecule has 5 heteroatoms. The van der Waals surface area contributed by atoms with E-state index < -0.39 is 0 Å². The second kappa shape index (κ2) is 3.92. The Bertz CT molecular complexity index is 203. The molecule has 0 fully saturated rings. The van der Waals surface area contributed by atoms with Crippen LogP contribution in [0.2, 0.25) is 0 Å². The Morgan fingerprint density at radius 1 is 1.50 bits per heavy atom. The minimum Gasteiger partial charge on any atom is -0.396 e. The third kappa shape index (κ3) is 1.75. The summed E-state index contributed by atoms with van der Waals surface area (Å²) in [5, 5.41) is 0. The second-order valence-corrected chi connectivity index (χ2v) is 1.61. The molecular formula is C5H9ClN4. The van der Waals surface area contributed by atoms with E-state index in [0.29, 0.717) is 11.4 Å². The van der Waals surface area contributed by atoms with Gasteiger partial charge in [-0.15, -0.1) is 12.4 Å². The molecule has 0 saturated carbocycles. The number of nitrogen functional groups attached to an aromatic ring is 2. The summed E-state index contributed by atoms with van der Waals surface area (Å²) >= 11 is 0. The van der Waals surface area contributed by atoms with Crippen molar-refractivity contribution in [3.63, 3.8) is 0 Å². The minimum absolute atomic E-state index is 0. The SMILES string of the molecule is Cl.NNc1ccncc1N. The molecule has 0 aliphatic heterocycles. The first kappa shape index (κ1) is 9.00. The molecule has 56 valence electrons. The molecule has 1 heterocycles. The van der Waals surface area contributed by atoms with Gasteiger partial charge in [0.15, 0.2) is 0 Å². The van der Waals surface area contributed by atoms with Gasteiger partial charge in [-0.25, -0.2) is 0 Å². The third-order valence-corrected chi connectivity index (χ3v) is 1.01. The van der Waals surface area contributed by atoms with Gasteiger partial charge in [0, 0.05) is 6.20 Å². The molecule has 0 bridgehead atoms. The van der Waals surface area contributed by atoms with Crippen LogP contribution in [-0.4, -0.2) is 4.98 Å². The molecule has 5 N–H and O–H groups in total. The van der Waals surface area contributed by atoms with Crippen molar-refractivity contribution in [2.45, 2.75) is 0 Å². The van der Waals surface area contributed by atoms with Crippen LogP contribution < -0.4 is 17.0 Å². The molecule has 10 heavy (non-hydrogen) atoms. The molecule has 1 aromatic heterocycles. The van der Waals surface area contributed by atoms with Crippen LogP contribution in [-0.2, 0) is 0 Å². The van der Waals surface area contributed by atoms with Gasteiger partial charge in [0.2, 0.25) is 0 Å². The Labute approximate surface area is 65.0 Å². The topological polar surface area (TPSA) is 77.0 Å². The lowest BCUT2D eigenvalue weighted by Gasteiger charge is -2.00. The largest absolute Gasteiger partial charge is 0.396 e. The number of pyridine rings is 1. The van der Waals surface area contributed by atoms with Gasteiger partial charge in [-0.05, 0) is 6.07 Å². The fourth-order valence-electron chi connectivity index (χ4n) is 0.538. The highest BCUT2D eigenvalue weighted by atomic mass is 35.5. The van der Waals surface area contributed by atoms with E-state index in [1.807, 2.05) is 0 Å². The number of nitrogens with zero attached hydrogens (tertiary/aromatic N) is 1. The molecule has 0 spiro atoms. The molecule has 0 unspecified atom stereocenters. The van der Waals surface area contributed by atoms with Gasteiger partial charge < -0.3 is 11.2 Å². The van der Waals surface area contributed by atoms with Gasteiger partial charge in [-0.1, -0.05) is 0 Å². The Morgan fingerprint density at radius 3 is 2.60 bits per heavy atom. The summed E-state index contributed by atoms with van der Waals surface area (Å²) < 4.78 is 0. The van der Waals surface area contributed by atoms with E-state index in [2.05, 4.69) is 10.4 Å². The summed E-state index contributed by atoms with van der Waals surface area (Å²) in [4.78, 5) is 3.77. The lowest BCUT2D eigenvalue weighted by atomic mass is 10.4. The molecule has 0 aliphatic carbocycles. The summed E-state index contributed by atoms with van der Waals surface area (Å²) in [6, 6.07) is 1.70. The fraction of sp³-hybridized carbons (Fsp3) is 0. The number of hydrogen-bond acceptors (Lipinski definition) is 4. The standard InChI is InChI=1S/C5H8N4.ClH/c6-4-3-8-2-1-5(4)9-7;/h1-3H,6-7H2,(H,8,9);1H. The molecule has 1 rings (SSSR count). The van der Waals surface area contributed by atoms with Crippen molar-refractivity contribution in [1.82, 2.24) is 4.98 Å². The number of nitrogens with two attached hydrogens (primary N) is 2. The molecular weight excluding hydrogens is 152 g/mol. The van der Waals surface area contributed by atoms with Crippen molar-refractivity contribution < 1.29 is 0 Å². The zero-order chi connectivity index (χ0) is 6.69. The van der Waals surface area contributed by atoms with Crippen LogP contribution in [0.3, 0.4) is 0 Å². The van der Waals surface area contributed by atoms with E-state index in [4.69, 9.17) is 11.6 Å². The van der Waals surface area contributed by atoms with Crippen LogP contribution in [0.25, 0.3) is 0 Å². The smallest absolute Gasteiger partial charge is 0.0749 e. The normalized spacial score (nSPS) is 8.10. The second-order valence-electron chi connectivity index (χ2n) is 1.61. The van der Waals surface area contributed by atoms with Crippen molar-refractivity contribution in [3.8, 4) is 0 Å². The van der Waals surface area contributed by atoms with Crippen molar-refractivity contribution in [3.05, 3.63) is 18.5 Å². The Hall–Kier alpha value is -1.00. The summed E-state index contributed by atoms with van der Waals surface area (Å²) in [6.07, 6.45) is 3.15. The first-order chi connectivity index (χ1) is 4.34. The van der Waals surface area contributed by atoms with Gasteiger partial charge in [-0.3, -0.25) is 10.8 Å². The zero-order valence-corrected chi connectivity index (χ0v) is 6.06. The van der Waals surface area contributed by atoms with E-state index in [9.17, 15) is 0 Å². The summed E-state index contributed by atoms with van der Waals surface area (Å²) in [5.41, 5.74) is 9.11. The maximum absolute atomic E-state index is 5.43.